The molecule has 0 amide bonds. The number of non-ortho nitro benzene ring substituents is 1. The van der Waals surface area contributed by atoms with Gasteiger partial charge in [0, 0.05) is 46.0 Å². The minimum Gasteiger partial charge on any atom is -0.358 e. The van der Waals surface area contributed by atoms with E-state index in [0.717, 1.165) is 5.56 Å². The van der Waals surface area contributed by atoms with Crippen LogP contribution in [0.25, 0.3) is 5.70 Å². The van der Waals surface area contributed by atoms with Crippen LogP contribution in [0.15, 0.2) is 65.4 Å². The van der Waals surface area contributed by atoms with E-state index in [1.54, 1.807) is 31.2 Å². The van der Waals surface area contributed by atoms with Crippen LogP contribution < -0.4 is 5.32 Å². The number of rotatable bonds is 3. The Bertz CT molecular complexity index is 1090. The Kier molecular flexibility index (Phi) is 3.77. The number of dihydropyridines is 1. The van der Waals surface area contributed by atoms with Gasteiger partial charge in [0.05, 0.1) is 10.6 Å². The van der Waals surface area contributed by atoms with E-state index in [9.17, 15) is 19.7 Å². The third kappa shape index (κ3) is 2.49. The Balaban J connectivity index is 1.97. The molecule has 2 aromatic carbocycles. The van der Waals surface area contributed by atoms with E-state index >= 15 is 0 Å². The number of carbonyl (C=O) groups is 2. The van der Waals surface area contributed by atoms with Crippen molar-refractivity contribution in [2.24, 2.45) is 0 Å². The van der Waals surface area contributed by atoms with Crippen LogP contribution >= 0.6 is 0 Å². The first-order valence-corrected chi connectivity index (χ1v) is 8.51. The van der Waals surface area contributed by atoms with Gasteiger partial charge in [-0.25, -0.2) is 0 Å². The summed E-state index contributed by atoms with van der Waals surface area (Å²) >= 11 is 0. The lowest BCUT2D eigenvalue weighted by molar-refractivity contribution is -0.384. The van der Waals surface area contributed by atoms with Crippen LogP contribution in [-0.2, 0) is 4.79 Å². The predicted octanol–water partition coefficient (Wildman–Crippen LogP) is 3.75. The van der Waals surface area contributed by atoms with Gasteiger partial charge in [-0.05, 0) is 19.4 Å². The van der Waals surface area contributed by atoms with Gasteiger partial charge in [0.25, 0.3) is 5.69 Å². The molecule has 1 aliphatic carbocycles. The van der Waals surface area contributed by atoms with Gasteiger partial charge in [-0.15, -0.1) is 0 Å². The van der Waals surface area contributed by atoms with Gasteiger partial charge in [0.1, 0.15) is 0 Å². The smallest absolute Gasteiger partial charge is 0.269 e. The molecule has 0 saturated carbocycles. The molecule has 0 saturated heterocycles. The number of fused-ring (bicyclic) bond motifs is 2. The standard InChI is InChI=1S/C21H16N2O4/c1-11-17(12(2)24)18(13-6-5-7-14(10-13)23(26)27)19-20(22-11)15-8-3-4-9-16(15)21(19)25/h3-10,18,22H,1-2H3/t18-/m1/s1. The second-order valence-electron chi connectivity index (χ2n) is 6.67. The monoisotopic (exact) mass is 360 g/mol. The van der Waals surface area contributed by atoms with Crippen molar-refractivity contribution in [2.75, 3.05) is 0 Å². The Labute approximate surface area is 155 Å². The lowest BCUT2D eigenvalue weighted by atomic mass is 9.78. The van der Waals surface area contributed by atoms with Crippen molar-refractivity contribution in [2.45, 2.75) is 19.8 Å². The molecule has 0 radical (unpaired) electrons. The third-order valence-electron chi connectivity index (χ3n) is 5.04. The molecular formula is C21H16N2O4. The topological polar surface area (TPSA) is 89.3 Å². The summed E-state index contributed by atoms with van der Waals surface area (Å²) in [4.78, 5) is 36.3. The van der Waals surface area contributed by atoms with Crippen molar-refractivity contribution in [1.82, 2.24) is 5.32 Å². The molecule has 6 heteroatoms. The van der Waals surface area contributed by atoms with E-state index in [-0.39, 0.29) is 17.3 Å². The van der Waals surface area contributed by atoms with Gasteiger partial charge in [-0.2, -0.15) is 0 Å². The Morgan fingerprint density at radius 2 is 1.81 bits per heavy atom. The number of nitro benzene ring substituents is 1. The second kappa shape index (κ2) is 6.02. The molecule has 1 N–H and O–H groups in total. The van der Waals surface area contributed by atoms with Crippen LogP contribution in [0.2, 0.25) is 0 Å². The first-order chi connectivity index (χ1) is 12.9. The Hall–Kier alpha value is -3.54. The SMILES string of the molecule is CC(=O)C1=C(C)NC2=C(C(=O)c3ccccc32)[C@@H]1c1cccc([N+](=O)[O-])c1. The Morgan fingerprint density at radius 1 is 1.11 bits per heavy atom. The summed E-state index contributed by atoms with van der Waals surface area (Å²) < 4.78 is 0. The third-order valence-corrected chi connectivity index (χ3v) is 5.04. The number of nitrogens with zero attached hydrogens (tertiary/aromatic N) is 1. The summed E-state index contributed by atoms with van der Waals surface area (Å²) in [5.41, 5.74) is 4.10. The molecule has 1 atom stereocenters. The normalized spacial score (nSPS) is 18.1. The molecule has 1 aliphatic heterocycles. The number of benzene rings is 2. The van der Waals surface area contributed by atoms with Gasteiger partial charge < -0.3 is 5.32 Å². The lowest BCUT2D eigenvalue weighted by Gasteiger charge is -2.29. The van der Waals surface area contributed by atoms with E-state index in [1.807, 2.05) is 12.1 Å². The number of nitrogens with one attached hydrogen (secondary N) is 1. The zero-order chi connectivity index (χ0) is 19.3. The van der Waals surface area contributed by atoms with Crippen LogP contribution in [0.3, 0.4) is 0 Å². The minimum atomic E-state index is -0.640. The average Bonchev–Trinajstić information content (AvgIpc) is 2.93. The zero-order valence-electron chi connectivity index (χ0n) is 14.8. The van der Waals surface area contributed by atoms with Gasteiger partial charge in [0.15, 0.2) is 11.6 Å². The molecule has 1 heterocycles. The number of carbonyl (C=O) groups excluding carboxylic acids is 2. The van der Waals surface area contributed by atoms with E-state index in [2.05, 4.69) is 5.32 Å². The number of nitro groups is 1. The van der Waals surface area contributed by atoms with Crippen molar-refractivity contribution in [3.05, 3.63) is 92.2 Å². The first-order valence-electron chi connectivity index (χ1n) is 8.51. The average molecular weight is 360 g/mol. The molecule has 134 valence electrons. The highest BCUT2D eigenvalue weighted by atomic mass is 16.6. The number of ketones is 2. The Morgan fingerprint density at radius 3 is 2.48 bits per heavy atom. The molecular weight excluding hydrogens is 344 g/mol. The highest BCUT2D eigenvalue weighted by Crippen LogP contribution is 2.46. The summed E-state index contributed by atoms with van der Waals surface area (Å²) in [6, 6.07) is 13.4. The molecule has 2 aliphatic rings. The number of Topliss-reactive ketones (excluding diaryl/α,β-unsaturated/α-hetero) is 2. The largest absolute Gasteiger partial charge is 0.358 e. The summed E-state index contributed by atoms with van der Waals surface area (Å²) in [6.07, 6.45) is 0. The number of allylic oxidation sites excluding steroid dienone is 3. The molecule has 0 aromatic heterocycles. The van der Waals surface area contributed by atoms with Gasteiger partial charge in [0.2, 0.25) is 0 Å². The van der Waals surface area contributed by atoms with Gasteiger partial charge in [-0.3, -0.25) is 19.7 Å². The predicted molar refractivity (Wildman–Crippen MR) is 100 cm³/mol. The van der Waals surface area contributed by atoms with E-state index in [0.29, 0.717) is 33.7 Å². The fraction of sp³-hybridized carbons (Fsp3) is 0.143. The summed E-state index contributed by atoms with van der Waals surface area (Å²) in [7, 11) is 0. The van der Waals surface area contributed by atoms with E-state index < -0.39 is 10.8 Å². The molecule has 6 nitrogen and oxygen atoms in total. The maximum absolute atomic E-state index is 13.1. The molecule has 27 heavy (non-hydrogen) atoms. The fourth-order valence-electron chi connectivity index (χ4n) is 3.95. The van der Waals surface area contributed by atoms with Crippen molar-refractivity contribution in [3.63, 3.8) is 0 Å². The van der Waals surface area contributed by atoms with Crippen LogP contribution in [0.5, 0.6) is 0 Å². The number of hydrogen-bond acceptors (Lipinski definition) is 5. The quantitative estimate of drug-likeness (QED) is 0.665. The van der Waals surface area contributed by atoms with Gasteiger partial charge in [-0.1, -0.05) is 36.4 Å². The molecule has 0 fully saturated rings. The van der Waals surface area contributed by atoms with Crippen LogP contribution in [0, 0.1) is 10.1 Å². The van der Waals surface area contributed by atoms with E-state index in [4.69, 9.17) is 0 Å². The van der Waals surface area contributed by atoms with Crippen LogP contribution in [-0.4, -0.2) is 16.5 Å². The fourth-order valence-corrected chi connectivity index (χ4v) is 3.95. The highest BCUT2D eigenvalue weighted by molar-refractivity contribution is 6.23. The zero-order valence-corrected chi connectivity index (χ0v) is 14.8. The molecule has 0 spiro atoms. The first kappa shape index (κ1) is 16.9. The van der Waals surface area contributed by atoms with Crippen molar-refractivity contribution < 1.29 is 14.5 Å². The highest BCUT2D eigenvalue weighted by Gasteiger charge is 2.41. The second-order valence-corrected chi connectivity index (χ2v) is 6.67. The van der Waals surface area contributed by atoms with Crippen molar-refractivity contribution >= 4 is 23.0 Å². The lowest BCUT2D eigenvalue weighted by Crippen LogP contribution is -2.27. The maximum atomic E-state index is 13.1. The summed E-state index contributed by atoms with van der Waals surface area (Å²) in [6.45, 7) is 3.24. The molecule has 4 rings (SSSR count). The van der Waals surface area contributed by atoms with E-state index in [1.165, 1.54) is 19.1 Å². The van der Waals surface area contributed by atoms with Crippen molar-refractivity contribution in [1.29, 1.82) is 0 Å². The summed E-state index contributed by atoms with van der Waals surface area (Å²) in [5.74, 6) is -0.971. The molecule has 0 bridgehead atoms. The maximum Gasteiger partial charge on any atom is 0.269 e. The van der Waals surface area contributed by atoms with Crippen molar-refractivity contribution in [3.8, 4) is 0 Å². The van der Waals surface area contributed by atoms with Crippen LogP contribution in [0.4, 0.5) is 5.69 Å². The number of hydrogen-bond donors (Lipinski definition) is 1. The minimum absolute atomic E-state index is 0.0725. The van der Waals surface area contributed by atoms with Gasteiger partial charge >= 0.3 is 0 Å². The molecule has 2 aromatic rings. The van der Waals surface area contributed by atoms with Crippen LogP contribution in [0.1, 0.15) is 41.3 Å². The molecule has 0 unspecified atom stereocenters. The summed E-state index contributed by atoms with van der Waals surface area (Å²) in [5, 5.41) is 14.4.